The number of rotatable bonds is 8. The fourth-order valence-electron chi connectivity index (χ4n) is 3.42. The van der Waals surface area contributed by atoms with Crippen LogP contribution in [0.5, 0.6) is 0 Å². The van der Waals surface area contributed by atoms with Crippen LogP contribution < -0.4 is 11.0 Å². The second kappa shape index (κ2) is 9.95. The van der Waals surface area contributed by atoms with Crippen LogP contribution in [0, 0.1) is 0 Å². The van der Waals surface area contributed by atoms with Crippen LogP contribution >= 0.6 is 0 Å². The number of anilines is 1. The van der Waals surface area contributed by atoms with Crippen molar-refractivity contribution in [3.63, 3.8) is 0 Å². The predicted molar refractivity (Wildman–Crippen MR) is 120 cm³/mol. The van der Waals surface area contributed by atoms with Crippen molar-refractivity contribution < 1.29 is 19.1 Å². The molecule has 9 nitrogen and oxygen atoms in total. The summed E-state index contributed by atoms with van der Waals surface area (Å²) in [5.74, 6) is -1.30. The molecule has 168 valence electrons. The molecule has 0 aliphatic heterocycles. The molecule has 0 aliphatic carbocycles. The maximum Gasteiger partial charge on any atom is 0.329 e. The maximum absolute atomic E-state index is 12.4. The van der Waals surface area contributed by atoms with Gasteiger partial charge in [-0.15, -0.1) is 0 Å². The summed E-state index contributed by atoms with van der Waals surface area (Å²) in [6.07, 6.45) is 0. The van der Waals surface area contributed by atoms with E-state index in [1.165, 1.54) is 9.13 Å². The quantitative estimate of drug-likeness (QED) is 0.542. The van der Waals surface area contributed by atoms with Crippen LogP contribution in [0.25, 0.3) is 11.0 Å². The molecule has 3 aromatic rings. The lowest BCUT2D eigenvalue weighted by atomic mass is 10.2. The van der Waals surface area contributed by atoms with E-state index >= 15 is 0 Å². The van der Waals surface area contributed by atoms with Gasteiger partial charge in [0, 0.05) is 31.4 Å². The molecule has 1 aromatic heterocycles. The Bertz CT molecular complexity index is 1190. The van der Waals surface area contributed by atoms with Gasteiger partial charge in [0.15, 0.2) is 6.61 Å². The molecule has 0 radical (unpaired) electrons. The first-order chi connectivity index (χ1) is 15.3. The molecule has 0 saturated heterocycles. The zero-order valence-electron chi connectivity index (χ0n) is 18.3. The lowest BCUT2D eigenvalue weighted by Crippen LogP contribution is -2.30. The smallest absolute Gasteiger partial charge is 0.329 e. The number of ether oxygens (including phenoxy) is 1. The average Bonchev–Trinajstić information content (AvgIpc) is 3.04. The van der Waals surface area contributed by atoms with Gasteiger partial charge in [-0.2, -0.15) is 0 Å². The SMILES string of the molecule is CCN(CC)C(=O)c1ccc(NC(=O)COC(=O)Cn2c(=O)n(C)c3ccccc32)cc1. The number of amides is 2. The van der Waals surface area contributed by atoms with Gasteiger partial charge in [0.1, 0.15) is 6.54 Å². The number of hydrogen-bond acceptors (Lipinski definition) is 5. The molecule has 3 rings (SSSR count). The molecule has 0 spiro atoms. The van der Waals surface area contributed by atoms with Gasteiger partial charge in [0.2, 0.25) is 0 Å². The van der Waals surface area contributed by atoms with Crippen LogP contribution in [0.1, 0.15) is 24.2 Å². The minimum absolute atomic E-state index is 0.0783. The van der Waals surface area contributed by atoms with Crippen LogP contribution in [-0.4, -0.2) is 51.5 Å². The minimum atomic E-state index is -0.696. The van der Waals surface area contributed by atoms with Crippen molar-refractivity contribution in [3.8, 4) is 0 Å². The van der Waals surface area contributed by atoms with Crippen LogP contribution in [0.3, 0.4) is 0 Å². The number of imidazole rings is 1. The lowest BCUT2D eigenvalue weighted by molar-refractivity contribution is -0.147. The molecular weight excluding hydrogens is 412 g/mol. The van der Waals surface area contributed by atoms with Gasteiger partial charge in [0.05, 0.1) is 11.0 Å². The number of carbonyl (C=O) groups excluding carboxylic acids is 3. The van der Waals surface area contributed by atoms with Crippen molar-refractivity contribution in [2.45, 2.75) is 20.4 Å². The van der Waals surface area contributed by atoms with Crippen LogP contribution in [0.2, 0.25) is 0 Å². The Kier molecular flexibility index (Phi) is 7.09. The summed E-state index contributed by atoms with van der Waals surface area (Å²) in [4.78, 5) is 50.7. The third-order valence-corrected chi connectivity index (χ3v) is 5.17. The highest BCUT2D eigenvalue weighted by atomic mass is 16.5. The number of nitrogens with one attached hydrogen (secondary N) is 1. The molecule has 32 heavy (non-hydrogen) atoms. The number of nitrogens with zero attached hydrogens (tertiary/aromatic N) is 3. The topological polar surface area (TPSA) is 103 Å². The number of para-hydroxylation sites is 2. The highest BCUT2D eigenvalue weighted by molar-refractivity contribution is 5.96. The zero-order chi connectivity index (χ0) is 23.3. The molecule has 0 saturated carbocycles. The number of hydrogen-bond donors (Lipinski definition) is 1. The predicted octanol–water partition coefficient (Wildman–Crippen LogP) is 2.00. The summed E-state index contributed by atoms with van der Waals surface area (Å²) >= 11 is 0. The van der Waals surface area contributed by atoms with Crippen LogP contribution in [-0.2, 0) is 27.9 Å². The highest BCUT2D eigenvalue weighted by Crippen LogP contribution is 2.13. The Morgan fingerprint density at radius 1 is 0.969 bits per heavy atom. The van der Waals surface area contributed by atoms with E-state index in [0.717, 1.165) is 0 Å². The minimum Gasteiger partial charge on any atom is -0.454 e. The standard InChI is InChI=1S/C23H26N4O5/c1-4-26(5-2)22(30)16-10-12-17(13-11-16)24-20(28)15-32-21(29)14-27-19-9-7-6-8-18(19)25(3)23(27)31/h6-13H,4-5,14-15H2,1-3H3,(H,24,28). The first-order valence-electron chi connectivity index (χ1n) is 10.3. The van der Waals surface area contributed by atoms with Crippen molar-refractivity contribution >= 4 is 34.5 Å². The van der Waals surface area contributed by atoms with Gasteiger partial charge in [0.25, 0.3) is 11.8 Å². The monoisotopic (exact) mass is 438 g/mol. The average molecular weight is 438 g/mol. The van der Waals surface area contributed by atoms with Crippen molar-refractivity contribution in [2.24, 2.45) is 7.05 Å². The Morgan fingerprint density at radius 2 is 1.59 bits per heavy atom. The molecule has 0 aliphatic rings. The molecule has 9 heteroatoms. The maximum atomic E-state index is 12.4. The lowest BCUT2D eigenvalue weighted by Gasteiger charge is -2.18. The van der Waals surface area contributed by atoms with Gasteiger partial charge in [-0.05, 0) is 50.2 Å². The van der Waals surface area contributed by atoms with Gasteiger partial charge < -0.3 is 15.0 Å². The first-order valence-corrected chi connectivity index (χ1v) is 10.3. The zero-order valence-corrected chi connectivity index (χ0v) is 18.3. The summed E-state index contributed by atoms with van der Waals surface area (Å²) in [6, 6.07) is 13.6. The molecule has 1 N–H and O–H groups in total. The molecule has 0 atom stereocenters. The molecule has 0 bridgehead atoms. The van der Waals surface area contributed by atoms with Crippen LogP contribution in [0.4, 0.5) is 5.69 Å². The normalized spacial score (nSPS) is 10.7. The number of carbonyl (C=O) groups is 3. The molecular formula is C23H26N4O5. The summed E-state index contributed by atoms with van der Waals surface area (Å²) in [7, 11) is 1.63. The second-order valence-electron chi connectivity index (χ2n) is 7.18. The third-order valence-electron chi connectivity index (χ3n) is 5.17. The summed E-state index contributed by atoms with van der Waals surface area (Å²) < 4.78 is 7.79. The number of esters is 1. The van der Waals surface area contributed by atoms with Crippen molar-refractivity contribution in [1.29, 1.82) is 0 Å². The van der Waals surface area contributed by atoms with Gasteiger partial charge in [-0.3, -0.25) is 23.5 Å². The first kappa shape index (κ1) is 22.8. The van der Waals surface area contributed by atoms with Gasteiger partial charge >= 0.3 is 11.7 Å². The number of aryl methyl sites for hydroxylation is 1. The number of benzene rings is 2. The second-order valence-corrected chi connectivity index (χ2v) is 7.18. The van der Waals surface area contributed by atoms with E-state index < -0.39 is 18.5 Å². The molecule has 0 fully saturated rings. The molecule has 1 heterocycles. The summed E-state index contributed by atoms with van der Waals surface area (Å²) in [5, 5.41) is 2.62. The fraction of sp³-hybridized carbons (Fsp3) is 0.304. The van der Waals surface area contributed by atoms with Crippen molar-refractivity contribution in [3.05, 3.63) is 64.6 Å². The van der Waals surface area contributed by atoms with E-state index in [1.54, 1.807) is 60.5 Å². The summed E-state index contributed by atoms with van der Waals surface area (Å²) in [5.41, 5.74) is 1.98. The van der Waals surface area contributed by atoms with E-state index in [2.05, 4.69) is 5.32 Å². The van der Waals surface area contributed by atoms with Gasteiger partial charge in [-0.1, -0.05) is 12.1 Å². The van der Waals surface area contributed by atoms with Gasteiger partial charge in [-0.25, -0.2) is 4.79 Å². The van der Waals surface area contributed by atoms with E-state index in [1.807, 2.05) is 13.8 Å². The van der Waals surface area contributed by atoms with Crippen LogP contribution in [0.15, 0.2) is 53.3 Å². The number of fused-ring (bicyclic) bond motifs is 1. The van der Waals surface area contributed by atoms with E-state index in [-0.39, 0.29) is 18.1 Å². The Morgan fingerprint density at radius 3 is 2.22 bits per heavy atom. The highest BCUT2D eigenvalue weighted by Gasteiger charge is 2.16. The van der Waals surface area contributed by atoms with E-state index in [9.17, 15) is 19.2 Å². The molecule has 2 amide bonds. The Balaban J connectivity index is 1.55. The molecule has 0 unspecified atom stereocenters. The Labute approximate surface area is 185 Å². The fourth-order valence-corrected chi connectivity index (χ4v) is 3.42. The third kappa shape index (κ3) is 4.88. The largest absolute Gasteiger partial charge is 0.454 e. The van der Waals surface area contributed by atoms with Crippen molar-refractivity contribution in [2.75, 3.05) is 25.0 Å². The Hall–Kier alpha value is -3.88. The summed E-state index contributed by atoms with van der Waals surface area (Å²) in [6.45, 7) is 4.27. The number of aromatic nitrogens is 2. The molecule has 2 aromatic carbocycles. The van der Waals surface area contributed by atoms with E-state index in [4.69, 9.17) is 4.74 Å². The van der Waals surface area contributed by atoms with E-state index in [0.29, 0.717) is 35.4 Å². The van der Waals surface area contributed by atoms with Crippen molar-refractivity contribution in [1.82, 2.24) is 14.0 Å².